The Balaban J connectivity index is 1.91. The lowest BCUT2D eigenvalue weighted by molar-refractivity contribution is -0.0315. The summed E-state index contributed by atoms with van der Waals surface area (Å²) < 4.78 is 0. The Hall–Kier alpha value is -0.260. The van der Waals surface area contributed by atoms with Crippen molar-refractivity contribution in [3.05, 3.63) is 12.2 Å². The Labute approximate surface area is 87.8 Å². The first-order chi connectivity index (χ1) is 6.72. The standard InChI is InChI=1S/C14H22/c1-3-10(2)14-7-11-4-12(8-14)6-13(5-11)9-14/h11-13H,2-9H2,1H3. The zero-order valence-electron chi connectivity index (χ0n) is 9.39. The molecule has 0 spiro atoms. The van der Waals surface area contributed by atoms with Crippen LogP contribution in [0.25, 0.3) is 0 Å². The Morgan fingerprint density at radius 2 is 1.50 bits per heavy atom. The van der Waals surface area contributed by atoms with E-state index < -0.39 is 0 Å². The van der Waals surface area contributed by atoms with Gasteiger partial charge in [-0.15, -0.1) is 0 Å². The number of hydrogen-bond donors (Lipinski definition) is 0. The van der Waals surface area contributed by atoms with Gasteiger partial charge >= 0.3 is 0 Å². The Morgan fingerprint density at radius 1 is 1.07 bits per heavy atom. The van der Waals surface area contributed by atoms with Gasteiger partial charge in [-0.25, -0.2) is 0 Å². The molecule has 0 nitrogen and oxygen atoms in total. The minimum absolute atomic E-state index is 0.615. The van der Waals surface area contributed by atoms with Crippen LogP contribution in [-0.4, -0.2) is 0 Å². The van der Waals surface area contributed by atoms with Crippen molar-refractivity contribution in [3.63, 3.8) is 0 Å². The van der Waals surface area contributed by atoms with E-state index in [0.717, 1.165) is 17.8 Å². The van der Waals surface area contributed by atoms with Crippen LogP contribution >= 0.6 is 0 Å². The van der Waals surface area contributed by atoms with Gasteiger partial charge in [-0.1, -0.05) is 19.1 Å². The first kappa shape index (κ1) is 9.00. The van der Waals surface area contributed by atoms with Crippen LogP contribution in [0, 0.1) is 23.2 Å². The summed E-state index contributed by atoms with van der Waals surface area (Å²) in [7, 11) is 0. The summed E-state index contributed by atoms with van der Waals surface area (Å²) in [6.07, 6.45) is 10.3. The van der Waals surface area contributed by atoms with E-state index in [0.29, 0.717) is 5.41 Å². The lowest BCUT2D eigenvalue weighted by atomic mass is 9.48. The fraction of sp³-hybridized carbons (Fsp3) is 0.857. The largest absolute Gasteiger partial charge is 0.0993 e. The van der Waals surface area contributed by atoms with Crippen molar-refractivity contribution < 1.29 is 0 Å². The van der Waals surface area contributed by atoms with Gasteiger partial charge in [0.25, 0.3) is 0 Å². The highest BCUT2D eigenvalue weighted by Crippen LogP contribution is 2.62. The van der Waals surface area contributed by atoms with Gasteiger partial charge in [-0.3, -0.25) is 0 Å². The Kier molecular flexibility index (Phi) is 1.84. The highest BCUT2D eigenvalue weighted by atomic mass is 14.6. The fourth-order valence-electron chi connectivity index (χ4n) is 4.92. The summed E-state index contributed by atoms with van der Waals surface area (Å²) in [4.78, 5) is 0. The number of rotatable bonds is 2. The topological polar surface area (TPSA) is 0 Å². The average Bonchev–Trinajstić information content (AvgIpc) is 2.14. The first-order valence-electron chi connectivity index (χ1n) is 6.40. The van der Waals surface area contributed by atoms with Crippen LogP contribution in [0.15, 0.2) is 12.2 Å². The minimum Gasteiger partial charge on any atom is -0.0993 e. The van der Waals surface area contributed by atoms with E-state index in [9.17, 15) is 0 Å². The molecule has 4 fully saturated rings. The Bertz CT molecular complexity index is 226. The first-order valence-corrected chi connectivity index (χ1v) is 6.40. The molecule has 0 aromatic rings. The maximum absolute atomic E-state index is 4.36. The Morgan fingerprint density at radius 3 is 1.86 bits per heavy atom. The lowest BCUT2D eigenvalue weighted by Gasteiger charge is -2.57. The molecule has 14 heavy (non-hydrogen) atoms. The van der Waals surface area contributed by atoms with Crippen molar-refractivity contribution in [2.24, 2.45) is 23.2 Å². The van der Waals surface area contributed by atoms with Gasteiger partial charge in [0, 0.05) is 0 Å². The molecule has 4 rings (SSSR count). The third-order valence-corrected chi connectivity index (χ3v) is 5.22. The van der Waals surface area contributed by atoms with Crippen molar-refractivity contribution in [2.75, 3.05) is 0 Å². The van der Waals surface area contributed by atoms with E-state index in [2.05, 4.69) is 13.5 Å². The molecule has 0 unspecified atom stereocenters. The second-order valence-electron chi connectivity index (χ2n) is 6.15. The number of allylic oxidation sites excluding steroid dienone is 1. The molecule has 0 aliphatic heterocycles. The summed E-state index contributed by atoms with van der Waals surface area (Å²) in [6.45, 7) is 6.66. The summed E-state index contributed by atoms with van der Waals surface area (Å²) in [5.74, 6) is 3.22. The normalized spacial score (nSPS) is 49.6. The molecule has 0 N–H and O–H groups in total. The predicted molar refractivity (Wildman–Crippen MR) is 60.0 cm³/mol. The second-order valence-corrected chi connectivity index (χ2v) is 6.15. The molecule has 4 aliphatic carbocycles. The summed E-state index contributed by atoms with van der Waals surface area (Å²) >= 11 is 0. The van der Waals surface area contributed by atoms with Crippen molar-refractivity contribution in [1.29, 1.82) is 0 Å². The van der Waals surface area contributed by atoms with Gasteiger partial charge in [-0.05, 0) is 68.1 Å². The molecular formula is C14H22. The van der Waals surface area contributed by atoms with Crippen molar-refractivity contribution in [2.45, 2.75) is 51.9 Å². The zero-order valence-corrected chi connectivity index (χ0v) is 9.39. The minimum atomic E-state index is 0.615. The molecule has 0 amide bonds. The maximum atomic E-state index is 4.36. The van der Waals surface area contributed by atoms with Crippen LogP contribution < -0.4 is 0 Å². The molecule has 0 heterocycles. The molecule has 0 heteroatoms. The summed E-state index contributed by atoms with van der Waals surface area (Å²) in [6, 6.07) is 0. The summed E-state index contributed by atoms with van der Waals surface area (Å²) in [5, 5.41) is 0. The fourth-order valence-corrected chi connectivity index (χ4v) is 4.92. The maximum Gasteiger partial charge on any atom is -0.00830 e. The molecule has 0 atom stereocenters. The molecule has 4 saturated carbocycles. The molecule has 0 saturated heterocycles. The van der Waals surface area contributed by atoms with Gasteiger partial charge in [0.05, 0.1) is 0 Å². The van der Waals surface area contributed by atoms with Gasteiger partial charge in [0.15, 0.2) is 0 Å². The molecule has 0 aromatic carbocycles. The lowest BCUT2D eigenvalue weighted by Crippen LogP contribution is -2.46. The van der Waals surface area contributed by atoms with Gasteiger partial charge in [0.2, 0.25) is 0 Å². The van der Waals surface area contributed by atoms with Crippen molar-refractivity contribution in [3.8, 4) is 0 Å². The third kappa shape index (κ3) is 1.12. The summed E-state index contributed by atoms with van der Waals surface area (Å²) in [5.41, 5.74) is 2.19. The quantitative estimate of drug-likeness (QED) is 0.573. The SMILES string of the molecule is C=C(CC)C12CC3CC(CC(C3)C1)C2. The third-order valence-electron chi connectivity index (χ3n) is 5.22. The molecule has 4 bridgehead atoms. The van der Waals surface area contributed by atoms with E-state index in [4.69, 9.17) is 0 Å². The van der Waals surface area contributed by atoms with E-state index in [1.807, 2.05) is 0 Å². The number of hydrogen-bond acceptors (Lipinski definition) is 0. The van der Waals surface area contributed by atoms with Crippen LogP contribution in [0.1, 0.15) is 51.9 Å². The van der Waals surface area contributed by atoms with Crippen LogP contribution in [0.2, 0.25) is 0 Å². The van der Waals surface area contributed by atoms with Crippen LogP contribution in [-0.2, 0) is 0 Å². The molecule has 0 radical (unpaired) electrons. The van der Waals surface area contributed by atoms with Gasteiger partial charge in [-0.2, -0.15) is 0 Å². The van der Waals surface area contributed by atoms with Crippen LogP contribution in [0.4, 0.5) is 0 Å². The monoisotopic (exact) mass is 190 g/mol. The van der Waals surface area contributed by atoms with Crippen molar-refractivity contribution in [1.82, 2.24) is 0 Å². The van der Waals surface area contributed by atoms with Crippen molar-refractivity contribution >= 4 is 0 Å². The van der Waals surface area contributed by atoms with Crippen LogP contribution in [0.5, 0.6) is 0 Å². The van der Waals surface area contributed by atoms with E-state index >= 15 is 0 Å². The predicted octanol–water partition coefficient (Wildman–Crippen LogP) is 4.17. The van der Waals surface area contributed by atoms with E-state index in [1.54, 1.807) is 24.8 Å². The van der Waals surface area contributed by atoms with E-state index in [-0.39, 0.29) is 0 Å². The molecular weight excluding hydrogens is 168 g/mol. The van der Waals surface area contributed by atoms with Crippen LogP contribution in [0.3, 0.4) is 0 Å². The highest BCUT2D eigenvalue weighted by Gasteiger charge is 2.51. The second kappa shape index (κ2) is 2.87. The van der Waals surface area contributed by atoms with E-state index in [1.165, 1.54) is 25.7 Å². The van der Waals surface area contributed by atoms with Gasteiger partial charge in [0.1, 0.15) is 0 Å². The zero-order chi connectivity index (χ0) is 9.76. The van der Waals surface area contributed by atoms with Gasteiger partial charge < -0.3 is 0 Å². The highest BCUT2D eigenvalue weighted by molar-refractivity contribution is 5.17. The smallest absolute Gasteiger partial charge is 0.00830 e. The molecule has 78 valence electrons. The molecule has 4 aliphatic rings. The molecule has 0 aromatic heterocycles. The average molecular weight is 190 g/mol.